The Morgan fingerprint density at radius 1 is 1.23 bits per heavy atom. The van der Waals surface area contributed by atoms with E-state index in [1.165, 1.54) is 0 Å². The second-order valence-electron chi connectivity index (χ2n) is 5.20. The second-order valence-corrected chi connectivity index (χ2v) is 7.37. The molecule has 22 heavy (non-hydrogen) atoms. The molecular formula is C16H12Br2ClNO2. The number of fused-ring (bicyclic) bond motifs is 1. The van der Waals surface area contributed by atoms with Gasteiger partial charge in [-0.05, 0) is 35.7 Å². The van der Waals surface area contributed by atoms with Gasteiger partial charge in [0.2, 0.25) is 0 Å². The van der Waals surface area contributed by atoms with Crippen molar-refractivity contribution in [1.29, 1.82) is 0 Å². The van der Waals surface area contributed by atoms with Crippen LogP contribution in [0.15, 0.2) is 45.3 Å². The molecule has 0 radical (unpaired) electrons. The fraction of sp³-hybridized carbons (Fsp3) is 0.188. The van der Waals surface area contributed by atoms with Crippen molar-refractivity contribution >= 4 is 55.1 Å². The van der Waals surface area contributed by atoms with E-state index < -0.39 is 12.0 Å². The van der Waals surface area contributed by atoms with Crippen LogP contribution in [0.3, 0.4) is 0 Å². The van der Waals surface area contributed by atoms with Crippen LogP contribution in [-0.2, 0) is 4.79 Å². The van der Waals surface area contributed by atoms with Crippen LogP contribution in [0.1, 0.15) is 23.5 Å². The number of nitrogens with one attached hydrogen (secondary N) is 1. The van der Waals surface area contributed by atoms with E-state index in [-0.39, 0.29) is 5.92 Å². The first-order valence-corrected chi connectivity index (χ1v) is 8.66. The molecule has 0 bridgehead atoms. The molecule has 0 aromatic heterocycles. The number of rotatable bonds is 2. The van der Waals surface area contributed by atoms with Crippen molar-refractivity contribution in [2.75, 3.05) is 5.32 Å². The molecule has 2 N–H and O–H groups in total. The zero-order chi connectivity index (χ0) is 15.9. The summed E-state index contributed by atoms with van der Waals surface area (Å²) < 4.78 is 1.84. The molecule has 1 heterocycles. The highest BCUT2D eigenvalue weighted by Crippen LogP contribution is 2.45. The molecule has 114 valence electrons. The average Bonchev–Trinajstić information content (AvgIpc) is 2.47. The minimum atomic E-state index is -0.873. The fourth-order valence-corrected chi connectivity index (χ4v) is 4.28. The van der Waals surface area contributed by atoms with Gasteiger partial charge in [-0.25, -0.2) is 4.79 Å². The molecule has 2 aromatic carbocycles. The van der Waals surface area contributed by atoms with Gasteiger partial charge in [-0.1, -0.05) is 61.7 Å². The SMILES string of the molecule is O=C(O)C1CC(c2ccccc2Br)c2cc(Br)cc(Cl)c2N1. The van der Waals surface area contributed by atoms with Gasteiger partial charge in [0.05, 0.1) is 10.7 Å². The van der Waals surface area contributed by atoms with Crippen LogP contribution in [0.2, 0.25) is 5.02 Å². The molecule has 0 spiro atoms. The number of benzene rings is 2. The average molecular weight is 446 g/mol. The topological polar surface area (TPSA) is 49.3 Å². The predicted molar refractivity (Wildman–Crippen MR) is 94.8 cm³/mol. The normalized spacial score (nSPS) is 20.1. The van der Waals surface area contributed by atoms with E-state index in [4.69, 9.17) is 11.6 Å². The van der Waals surface area contributed by atoms with Gasteiger partial charge in [0.15, 0.2) is 0 Å². The van der Waals surface area contributed by atoms with Crippen molar-refractivity contribution in [2.45, 2.75) is 18.4 Å². The first kappa shape index (κ1) is 15.8. The van der Waals surface area contributed by atoms with Crippen molar-refractivity contribution < 1.29 is 9.90 Å². The van der Waals surface area contributed by atoms with Crippen LogP contribution < -0.4 is 5.32 Å². The summed E-state index contributed by atoms with van der Waals surface area (Å²) in [6, 6.07) is 11.0. The van der Waals surface area contributed by atoms with Gasteiger partial charge >= 0.3 is 5.97 Å². The van der Waals surface area contributed by atoms with Gasteiger partial charge in [0, 0.05) is 14.9 Å². The molecule has 0 saturated heterocycles. The third-order valence-electron chi connectivity index (χ3n) is 3.83. The molecule has 3 nitrogen and oxygen atoms in total. The van der Waals surface area contributed by atoms with Crippen LogP contribution in [0, 0.1) is 0 Å². The molecule has 2 atom stereocenters. The second kappa shape index (κ2) is 6.22. The first-order chi connectivity index (χ1) is 10.5. The van der Waals surface area contributed by atoms with E-state index >= 15 is 0 Å². The summed E-state index contributed by atoms with van der Waals surface area (Å²) in [6.45, 7) is 0. The van der Waals surface area contributed by atoms with Crippen molar-refractivity contribution in [3.8, 4) is 0 Å². The molecule has 6 heteroatoms. The minimum Gasteiger partial charge on any atom is -0.480 e. The quantitative estimate of drug-likeness (QED) is 0.663. The molecule has 1 aliphatic heterocycles. The van der Waals surface area contributed by atoms with Gasteiger partial charge in [-0.3, -0.25) is 0 Å². The largest absolute Gasteiger partial charge is 0.480 e. The summed E-state index contributed by atoms with van der Waals surface area (Å²) in [6.07, 6.45) is 0.470. The highest BCUT2D eigenvalue weighted by atomic mass is 79.9. The number of hydrogen-bond acceptors (Lipinski definition) is 2. The monoisotopic (exact) mass is 443 g/mol. The Labute approximate surface area is 149 Å². The summed E-state index contributed by atoms with van der Waals surface area (Å²) in [5.41, 5.74) is 2.76. The molecule has 2 unspecified atom stereocenters. The number of aliphatic carboxylic acids is 1. The lowest BCUT2D eigenvalue weighted by Gasteiger charge is -2.32. The molecule has 0 amide bonds. The lowest BCUT2D eigenvalue weighted by molar-refractivity contribution is -0.138. The number of anilines is 1. The number of carboxylic acid groups (broad SMARTS) is 1. The van der Waals surface area contributed by atoms with E-state index in [0.717, 1.165) is 20.1 Å². The van der Waals surface area contributed by atoms with E-state index in [2.05, 4.69) is 37.2 Å². The summed E-state index contributed by atoms with van der Waals surface area (Å²) in [4.78, 5) is 11.5. The van der Waals surface area contributed by atoms with E-state index in [1.807, 2.05) is 30.3 Å². The maximum Gasteiger partial charge on any atom is 0.326 e. The molecule has 1 aliphatic rings. The van der Waals surface area contributed by atoms with Gasteiger partial charge < -0.3 is 10.4 Å². The van der Waals surface area contributed by atoms with Crippen LogP contribution in [0.25, 0.3) is 0 Å². The Morgan fingerprint density at radius 2 is 1.95 bits per heavy atom. The van der Waals surface area contributed by atoms with Gasteiger partial charge in [0.25, 0.3) is 0 Å². The lowest BCUT2D eigenvalue weighted by Crippen LogP contribution is -2.35. The molecule has 0 aliphatic carbocycles. The number of hydrogen-bond donors (Lipinski definition) is 2. The van der Waals surface area contributed by atoms with E-state index in [0.29, 0.717) is 17.1 Å². The van der Waals surface area contributed by atoms with Crippen LogP contribution in [0.5, 0.6) is 0 Å². The van der Waals surface area contributed by atoms with Crippen LogP contribution in [-0.4, -0.2) is 17.1 Å². The molecule has 0 saturated carbocycles. The van der Waals surface area contributed by atoms with Crippen LogP contribution >= 0.6 is 43.5 Å². The van der Waals surface area contributed by atoms with E-state index in [9.17, 15) is 9.90 Å². The molecule has 2 aromatic rings. The standard InChI is InChI=1S/C16H12Br2ClNO2/c17-8-5-11-10(9-3-1-2-4-12(9)18)7-14(16(21)22)20-15(11)13(19)6-8/h1-6,10,14,20H,7H2,(H,21,22). The van der Waals surface area contributed by atoms with Crippen molar-refractivity contribution in [3.63, 3.8) is 0 Å². The summed E-state index contributed by atoms with van der Waals surface area (Å²) >= 11 is 13.3. The maximum atomic E-state index is 11.5. The first-order valence-electron chi connectivity index (χ1n) is 6.70. The summed E-state index contributed by atoms with van der Waals surface area (Å²) in [5, 5.41) is 13.0. The minimum absolute atomic E-state index is 0.0390. The lowest BCUT2D eigenvalue weighted by atomic mass is 9.82. The zero-order valence-electron chi connectivity index (χ0n) is 11.3. The Bertz CT molecular complexity index is 751. The smallest absolute Gasteiger partial charge is 0.326 e. The Morgan fingerprint density at radius 3 is 2.64 bits per heavy atom. The summed E-state index contributed by atoms with van der Waals surface area (Å²) in [5.74, 6) is -0.912. The predicted octanol–water partition coefficient (Wildman–Crippen LogP) is 5.27. The zero-order valence-corrected chi connectivity index (χ0v) is 15.2. The highest BCUT2D eigenvalue weighted by molar-refractivity contribution is 9.10. The number of carbonyl (C=O) groups is 1. The maximum absolute atomic E-state index is 11.5. The van der Waals surface area contributed by atoms with Gasteiger partial charge in [0.1, 0.15) is 6.04 Å². The molecule has 3 rings (SSSR count). The van der Waals surface area contributed by atoms with Gasteiger partial charge in [-0.15, -0.1) is 0 Å². The van der Waals surface area contributed by atoms with Crippen LogP contribution in [0.4, 0.5) is 5.69 Å². The number of carboxylic acids is 1. The highest BCUT2D eigenvalue weighted by Gasteiger charge is 2.33. The van der Waals surface area contributed by atoms with Crippen molar-refractivity contribution in [2.24, 2.45) is 0 Å². The number of halogens is 3. The summed E-state index contributed by atoms with van der Waals surface area (Å²) in [7, 11) is 0. The third-order valence-corrected chi connectivity index (χ3v) is 5.31. The Hall–Kier alpha value is -1.04. The Balaban J connectivity index is 2.18. The van der Waals surface area contributed by atoms with E-state index in [1.54, 1.807) is 6.07 Å². The molecular weight excluding hydrogens is 433 g/mol. The fourth-order valence-electron chi connectivity index (χ4n) is 2.83. The Kier molecular flexibility index (Phi) is 4.48. The van der Waals surface area contributed by atoms with Crippen molar-refractivity contribution in [1.82, 2.24) is 0 Å². The third kappa shape index (κ3) is 2.90. The van der Waals surface area contributed by atoms with Crippen molar-refractivity contribution in [3.05, 3.63) is 61.5 Å². The molecule has 0 fully saturated rings. The van der Waals surface area contributed by atoms with Gasteiger partial charge in [-0.2, -0.15) is 0 Å².